The lowest BCUT2D eigenvalue weighted by Crippen LogP contribution is -2.43. The first-order valence-electron chi connectivity index (χ1n) is 7.92. The molecule has 1 aromatic carbocycles. The third-order valence-corrected chi connectivity index (χ3v) is 6.45. The van der Waals surface area contributed by atoms with Crippen LogP contribution in [0.25, 0.3) is 10.9 Å². The first-order valence-corrected chi connectivity index (χ1v) is 10.5. The molecule has 0 unspecified atom stereocenters. The number of fused-ring (bicyclic) bond motifs is 1. The van der Waals surface area contributed by atoms with Gasteiger partial charge in [0, 0.05) is 17.1 Å². The second-order valence-electron chi connectivity index (χ2n) is 5.87. The average molecular weight is 428 g/mol. The summed E-state index contributed by atoms with van der Waals surface area (Å²) in [5.41, 5.74) is 0.717. The number of amides is 1. The number of carbonyl (C=O) groups is 1. The Labute approximate surface area is 154 Å². The van der Waals surface area contributed by atoms with Crippen molar-refractivity contribution in [1.82, 2.24) is 14.9 Å². The van der Waals surface area contributed by atoms with Crippen LogP contribution in [0.5, 0.6) is 5.88 Å². The van der Waals surface area contributed by atoms with Gasteiger partial charge in [0.15, 0.2) is 16.4 Å². The summed E-state index contributed by atoms with van der Waals surface area (Å²) < 4.78 is 29.8. The van der Waals surface area contributed by atoms with Crippen molar-refractivity contribution >= 4 is 42.6 Å². The Balaban J connectivity index is 1.72. The highest BCUT2D eigenvalue weighted by atomic mass is 79.9. The number of sulfone groups is 1. The van der Waals surface area contributed by atoms with Crippen LogP contribution in [-0.4, -0.2) is 59.9 Å². The quantitative estimate of drug-likeness (QED) is 0.722. The maximum atomic E-state index is 12.5. The van der Waals surface area contributed by atoms with Crippen molar-refractivity contribution in [3.05, 3.63) is 29.0 Å². The third kappa shape index (κ3) is 4.09. The second-order valence-corrected chi connectivity index (χ2v) is 9.01. The fourth-order valence-corrected chi connectivity index (χ4v) is 5.08. The third-order valence-electron chi connectivity index (χ3n) is 4.20. The molecule has 25 heavy (non-hydrogen) atoms. The summed E-state index contributed by atoms with van der Waals surface area (Å²) in [6.45, 7) is 2.08. The highest BCUT2D eigenvalue weighted by Gasteiger charge is 2.34. The van der Waals surface area contributed by atoms with E-state index in [1.54, 1.807) is 4.90 Å². The number of halogens is 1. The second kappa shape index (κ2) is 7.25. The molecule has 1 fully saturated rings. The fourth-order valence-electron chi connectivity index (χ4n) is 2.99. The standard InChI is InChI=1S/C16H18BrN3O4S/c1-2-20(12-5-6-25(22,23)9-12)15(21)8-24-16-13-7-11(17)3-4-14(13)18-10-19-16/h3-4,7,10,12H,2,5-6,8-9H2,1H3/t12-/m1/s1. The molecule has 3 rings (SSSR count). The van der Waals surface area contributed by atoms with Crippen LogP contribution in [0.1, 0.15) is 13.3 Å². The van der Waals surface area contributed by atoms with E-state index in [4.69, 9.17) is 4.74 Å². The van der Waals surface area contributed by atoms with E-state index in [1.165, 1.54) is 6.33 Å². The molecule has 7 nitrogen and oxygen atoms in total. The lowest BCUT2D eigenvalue weighted by Gasteiger charge is -2.26. The van der Waals surface area contributed by atoms with Crippen molar-refractivity contribution in [2.45, 2.75) is 19.4 Å². The van der Waals surface area contributed by atoms with Crippen LogP contribution in [0, 0.1) is 0 Å². The van der Waals surface area contributed by atoms with Crippen molar-refractivity contribution in [3.63, 3.8) is 0 Å². The Hall–Kier alpha value is -1.74. The van der Waals surface area contributed by atoms with Gasteiger partial charge in [-0.25, -0.2) is 18.4 Å². The monoisotopic (exact) mass is 427 g/mol. The van der Waals surface area contributed by atoms with Crippen molar-refractivity contribution in [3.8, 4) is 5.88 Å². The van der Waals surface area contributed by atoms with Crippen molar-refractivity contribution < 1.29 is 17.9 Å². The molecule has 0 bridgehead atoms. The van der Waals surface area contributed by atoms with Crippen molar-refractivity contribution in [2.75, 3.05) is 24.7 Å². The van der Waals surface area contributed by atoms with Crippen LogP contribution >= 0.6 is 15.9 Å². The highest BCUT2D eigenvalue weighted by Crippen LogP contribution is 2.25. The zero-order valence-electron chi connectivity index (χ0n) is 13.7. The molecule has 2 aromatic rings. The molecule has 1 aromatic heterocycles. The summed E-state index contributed by atoms with van der Waals surface area (Å²) in [7, 11) is -3.05. The largest absolute Gasteiger partial charge is 0.467 e. The molecule has 2 heterocycles. The van der Waals surface area contributed by atoms with Crippen LogP contribution in [0.3, 0.4) is 0 Å². The molecule has 9 heteroatoms. The van der Waals surface area contributed by atoms with Crippen LogP contribution in [0.15, 0.2) is 29.0 Å². The van der Waals surface area contributed by atoms with Crippen molar-refractivity contribution in [2.24, 2.45) is 0 Å². The maximum Gasteiger partial charge on any atom is 0.260 e. The number of likely N-dealkylation sites (N-methyl/N-ethyl adjacent to an activating group) is 1. The van der Waals surface area contributed by atoms with E-state index in [2.05, 4.69) is 25.9 Å². The highest BCUT2D eigenvalue weighted by molar-refractivity contribution is 9.10. The Morgan fingerprint density at radius 1 is 1.40 bits per heavy atom. The summed E-state index contributed by atoms with van der Waals surface area (Å²) in [5.74, 6) is 0.240. The molecule has 1 atom stereocenters. The predicted molar refractivity (Wildman–Crippen MR) is 97.2 cm³/mol. The van der Waals surface area contributed by atoms with Gasteiger partial charge in [0.25, 0.3) is 5.91 Å². The van der Waals surface area contributed by atoms with E-state index < -0.39 is 9.84 Å². The summed E-state index contributed by atoms with van der Waals surface area (Å²) in [6.07, 6.45) is 1.86. The zero-order chi connectivity index (χ0) is 18.0. The van der Waals surface area contributed by atoms with Gasteiger partial charge in [0.05, 0.1) is 22.4 Å². The lowest BCUT2D eigenvalue weighted by molar-refractivity contribution is -0.135. The first-order chi connectivity index (χ1) is 11.9. The SMILES string of the molecule is CCN(C(=O)COc1ncnc2ccc(Br)cc12)[C@@H]1CCS(=O)(=O)C1. The van der Waals surface area contributed by atoms with E-state index >= 15 is 0 Å². The van der Waals surface area contributed by atoms with Gasteiger partial charge in [0.2, 0.25) is 5.88 Å². The number of nitrogens with zero attached hydrogens (tertiary/aromatic N) is 3. The summed E-state index contributed by atoms with van der Waals surface area (Å²) in [4.78, 5) is 22.3. The van der Waals surface area contributed by atoms with Crippen LogP contribution in [-0.2, 0) is 14.6 Å². The van der Waals surface area contributed by atoms with E-state index in [9.17, 15) is 13.2 Å². The summed E-state index contributed by atoms with van der Waals surface area (Å²) >= 11 is 3.39. The molecule has 1 aliphatic rings. The Bertz CT molecular complexity index is 903. The molecule has 0 spiro atoms. The fraction of sp³-hybridized carbons (Fsp3) is 0.438. The molecular formula is C16H18BrN3O4S. The topological polar surface area (TPSA) is 89.5 Å². The molecule has 0 saturated carbocycles. The van der Waals surface area contributed by atoms with Crippen LogP contribution < -0.4 is 4.74 Å². The molecule has 1 saturated heterocycles. The van der Waals surface area contributed by atoms with E-state index in [1.807, 2.05) is 25.1 Å². The predicted octanol–water partition coefficient (Wildman–Crippen LogP) is 1.81. The lowest BCUT2D eigenvalue weighted by atomic mass is 10.2. The summed E-state index contributed by atoms with van der Waals surface area (Å²) in [6, 6.07) is 5.25. The van der Waals surface area contributed by atoms with Crippen LogP contribution in [0.4, 0.5) is 0 Å². The van der Waals surface area contributed by atoms with Crippen molar-refractivity contribution in [1.29, 1.82) is 0 Å². The minimum absolute atomic E-state index is 0.0238. The van der Waals surface area contributed by atoms with Gasteiger partial charge in [-0.15, -0.1) is 0 Å². The minimum atomic E-state index is -3.05. The molecular weight excluding hydrogens is 410 g/mol. The van der Waals surface area contributed by atoms with E-state index in [0.29, 0.717) is 24.2 Å². The summed E-state index contributed by atoms with van der Waals surface area (Å²) in [5, 5.41) is 0.705. The number of hydrogen-bond donors (Lipinski definition) is 0. The maximum absolute atomic E-state index is 12.5. The van der Waals surface area contributed by atoms with Gasteiger partial charge < -0.3 is 9.64 Å². The van der Waals surface area contributed by atoms with E-state index in [-0.39, 0.29) is 30.1 Å². The Morgan fingerprint density at radius 3 is 2.88 bits per heavy atom. The van der Waals surface area contributed by atoms with Gasteiger partial charge in [-0.2, -0.15) is 0 Å². The van der Waals surface area contributed by atoms with Gasteiger partial charge in [0.1, 0.15) is 6.33 Å². The molecule has 1 aliphatic heterocycles. The van der Waals surface area contributed by atoms with Crippen LogP contribution in [0.2, 0.25) is 0 Å². The normalized spacial score (nSPS) is 19.0. The molecule has 0 N–H and O–H groups in total. The molecule has 1 amide bonds. The Morgan fingerprint density at radius 2 is 2.20 bits per heavy atom. The number of hydrogen-bond acceptors (Lipinski definition) is 6. The molecule has 0 radical (unpaired) electrons. The first kappa shape index (κ1) is 18.1. The Kier molecular flexibility index (Phi) is 5.24. The number of rotatable bonds is 5. The number of aromatic nitrogens is 2. The van der Waals surface area contributed by atoms with Gasteiger partial charge in [-0.05, 0) is 31.5 Å². The molecule has 134 valence electrons. The van der Waals surface area contributed by atoms with Gasteiger partial charge in [-0.3, -0.25) is 4.79 Å². The average Bonchev–Trinajstić information content (AvgIpc) is 2.93. The van der Waals surface area contributed by atoms with Gasteiger partial charge >= 0.3 is 0 Å². The molecule has 0 aliphatic carbocycles. The number of ether oxygens (including phenoxy) is 1. The van der Waals surface area contributed by atoms with E-state index in [0.717, 1.165) is 9.99 Å². The number of carbonyl (C=O) groups excluding carboxylic acids is 1. The number of benzene rings is 1. The zero-order valence-corrected chi connectivity index (χ0v) is 16.1. The smallest absolute Gasteiger partial charge is 0.260 e. The minimum Gasteiger partial charge on any atom is -0.467 e. The van der Waals surface area contributed by atoms with Gasteiger partial charge in [-0.1, -0.05) is 15.9 Å².